The van der Waals surface area contributed by atoms with Crippen molar-refractivity contribution in [2.24, 2.45) is 5.41 Å². The van der Waals surface area contributed by atoms with Gasteiger partial charge in [0.1, 0.15) is 12.3 Å². The number of nitrogens with zero attached hydrogens (tertiary/aromatic N) is 2. The third-order valence-electron chi connectivity index (χ3n) is 10.7. The molecule has 11 nitrogen and oxygen atoms in total. The highest BCUT2D eigenvalue weighted by Crippen LogP contribution is 2.52. The fourth-order valence-electron chi connectivity index (χ4n) is 5.60. The van der Waals surface area contributed by atoms with Gasteiger partial charge < -0.3 is 19.0 Å². The topological polar surface area (TPSA) is 146 Å². The van der Waals surface area contributed by atoms with Crippen LogP contribution in [0.25, 0.3) is 0 Å². The van der Waals surface area contributed by atoms with Crippen molar-refractivity contribution in [3.63, 3.8) is 0 Å². The largest absolute Gasteiger partial charge is 0.414 e. The Kier molecular flexibility index (Phi) is 10.7. The van der Waals surface area contributed by atoms with Crippen molar-refractivity contribution < 1.29 is 23.9 Å². The average Bonchev–Trinajstić information content (AvgIpc) is 3.24. The van der Waals surface area contributed by atoms with E-state index in [4.69, 9.17) is 13.9 Å². The van der Waals surface area contributed by atoms with E-state index < -0.39 is 61.6 Å². The summed E-state index contributed by atoms with van der Waals surface area (Å²) in [6, 6.07) is 6.39. The van der Waals surface area contributed by atoms with Crippen molar-refractivity contribution in [2.75, 3.05) is 6.61 Å². The lowest BCUT2D eigenvalue weighted by atomic mass is 9.84. The smallest absolute Gasteiger partial charge is 0.330 e. The minimum atomic E-state index is -2.52. The van der Waals surface area contributed by atoms with Crippen LogP contribution in [0.4, 0.5) is 5.69 Å². The second kappa shape index (κ2) is 12.9. The van der Waals surface area contributed by atoms with Crippen molar-refractivity contribution >= 4 is 22.1 Å². The van der Waals surface area contributed by atoms with Crippen LogP contribution in [-0.4, -0.2) is 53.9 Å². The molecule has 258 valence electrons. The molecule has 46 heavy (non-hydrogen) atoms. The van der Waals surface area contributed by atoms with Crippen molar-refractivity contribution in [3.05, 3.63) is 72.5 Å². The number of nitro benzene ring substituents is 1. The van der Waals surface area contributed by atoms with Crippen LogP contribution in [0, 0.1) is 15.5 Å². The number of hydrogen-bond donors (Lipinski definition) is 2. The summed E-state index contributed by atoms with van der Waals surface area (Å²) >= 11 is 0. The molecule has 1 aromatic heterocycles. The van der Waals surface area contributed by atoms with Gasteiger partial charge in [0.25, 0.3) is 11.2 Å². The third kappa shape index (κ3) is 7.49. The summed E-state index contributed by atoms with van der Waals surface area (Å²) in [4.78, 5) is 40.0. The molecular formula is C33H55N3O8Si2. The van der Waals surface area contributed by atoms with E-state index >= 15 is 0 Å². The van der Waals surface area contributed by atoms with Crippen molar-refractivity contribution in [3.8, 4) is 0 Å². The molecule has 2 heterocycles. The van der Waals surface area contributed by atoms with Gasteiger partial charge in [-0.25, -0.2) is 4.79 Å². The predicted octanol–water partition coefficient (Wildman–Crippen LogP) is 6.84. The molecule has 0 saturated carbocycles. The number of aliphatic hydroxyl groups is 1. The van der Waals surface area contributed by atoms with Gasteiger partial charge >= 0.3 is 5.69 Å². The fraction of sp³-hybridized carbons (Fsp3) is 0.697. The minimum Gasteiger partial charge on any atom is -0.414 e. The highest BCUT2D eigenvalue weighted by Gasteiger charge is 2.62. The van der Waals surface area contributed by atoms with Crippen LogP contribution in [-0.2, 0) is 20.5 Å². The number of aromatic amines is 1. The van der Waals surface area contributed by atoms with Gasteiger partial charge in [0, 0.05) is 18.7 Å². The number of benzene rings is 1. The molecule has 1 aromatic carbocycles. The Hall–Kier alpha value is -2.43. The van der Waals surface area contributed by atoms with Crippen molar-refractivity contribution in [1.82, 2.24) is 9.55 Å². The normalized spacial score (nSPS) is 22.2. The maximum absolute atomic E-state index is 13.2. The van der Waals surface area contributed by atoms with Crippen molar-refractivity contribution in [2.45, 2.75) is 135 Å². The molecule has 1 fully saturated rings. The van der Waals surface area contributed by atoms with Crippen LogP contribution >= 0.6 is 0 Å². The Morgan fingerprint density at radius 3 is 2.17 bits per heavy atom. The SMILES string of the molecule is CC(C)(C)[C@H](OCc1cn([C@H]2C[C@@](O)([Si](C)(C)C(C)(C)C)[C@@H](CO[Si](C)(C)C(C)(C)C)O2)c(=O)[nH]c1=O)c1ccccc1[N+](=O)[O-]. The van der Waals surface area contributed by atoms with Crippen LogP contribution in [0.15, 0.2) is 40.1 Å². The number of nitrogens with one attached hydrogen (secondary N) is 1. The molecule has 4 atom stereocenters. The summed E-state index contributed by atoms with van der Waals surface area (Å²) < 4.78 is 20.7. The maximum atomic E-state index is 13.2. The van der Waals surface area contributed by atoms with E-state index in [-0.39, 0.29) is 41.0 Å². The first kappa shape index (κ1) is 38.0. The molecule has 0 spiro atoms. The average molecular weight is 678 g/mol. The number of hydrogen-bond acceptors (Lipinski definition) is 8. The van der Waals surface area contributed by atoms with E-state index in [1.54, 1.807) is 18.2 Å². The fourth-order valence-corrected chi connectivity index (χ4v) is 9.54. The maximum Gasteiger partial charge on any atom is 0.330 e. The van der Waals surface area contributed by atoms with E-state index in [1.165, 1.54) is 16.8 Å². The summed E-state index contributed by atoms with van der Waals surface area (Å²) in [7, 11) is -4.72. The quantitative estimate of drug-likeness (QED) is 0.158. The van der Waals surface area contributed by atoms with Gasteiger partial charge in [-0.05, 0) is 34.7 Å². The van der Waals surface area contributed by atoms with Crippen molar-refractivity contribution in [1.29, 1.82) is 0 Å². The predicted molar refractivity (Wildman–Crippen MR) is 185 cm³/mol. The highest BCUT2D eigenvalue weighted by molar-refractivity contribution is 6.83. The molecule has 2 aromatic rings. The van der Waals surface area contributed by atoms with E-state index in [0.29, 0.717) is 5.56 Å². The molecule has 0 bridgehead atoms. The third-order valence-corrected chi connectivity index (χ3v) is 21.6. The van der Waals surface area contributed by atoms with Crippen LogP contribution in [0.5, 0.6) is 0 Å². The van der Waals surface area contributed by atoms with Gasteiger partial charge in [-0.3, -0.25) is 24.5 Å². The number of aromatic nitrogens is 2. The van der Waals surface area contributed by atoms with Crippen LogP contribution in [0.2, 0.25) is 36.3 Å². The molecule has 0 unspecified atom stereocenters. The number of ether oxygens (including phenoxy) is 2. The lowest BCUT2D eigenvalue weighted by Gasteiger charge is -2.49. The summed E-state index contributed by atoms with van der Waals surface area (Å²) in [5.74, 6) is 0. The zero-order chi connectivity index (χ0) is 35.3. The lowest BCUT2D eigenvalue weighted by Crippen LogP contribution is -2.65. The first-order valence-electron chi connectivity index (χ1n) is 16.0. The standard InChI is InChI=1S/C33H55N3O8Si2/c1-30(2,3)27(23-16-14-15-17-24(23)36(40)41)42-20-22-19-35(29(38)34-28(22)37)26-18-33(39,45(10,11)31(4,5)6)25(44-26)21-43-46(12,13)32(7,8)9/h14-17,19,25-27,39H,18,20-21H2,1-13H3,(H,34,37,38)/t25-,26-,27-,33-/m1/s1. The molecule has 1 saturated heterocycles. The molecule has 1 aliphatic rings. The van der Waals surface area contributed by atoms with Gasteiger partial charge in [-0.2, -0.15) is 0 Å². The number of H-pyrrole nitrogens is 1. The monoisotopic (exact) mass is 677 g/mol. The zero-order valence-corrected chi connectivity index (χ0v) is 31.9. The van der Waals surface area contributed by atoms with Gasteiger partial charge in [0.15, 0.2) is 8.32 Å². The van der Waals surface area contributed by atoms with Gasteiger partial charge in [0.05, 0.1) is 48.7 Å². The summed E-state index contributed by atoms with van der Waals surface area (Å²) in [5, 5.41) is 22.8. The summed E-state index contributed by atoms with van der Waals surface area (Å²) in [5.41, 5.74) is -1.35. The highest BCUT2D eigenvalue weighted by atomic mass is 28.4. The second-order valence-electron chi connectivity index (χ2n) is 16.8. The van der Waals surface area contributed by atoms with Gasteiger partial charge in [0.2, 0.25) is 0 Å². The molecule has 2 N–H and O–H groups in total. The van der Waals surface area contributed by atoms with E-state index in [1.807, 2.05) is 20.8 Å². The Morgan fingerprint density at radius 1 is 1.07 bits per heavy atom. The number of rotatable bonds is 10. The molecular weight excluding hydrogens is 623 g/mol. The first-order valence-corrected chi connectivity index (χ1v) is 21.9. The molecule has 1 aliphatic heterocycles. The Morgan fingerprint density at radius 2 is 1.65 bits per heavy atom. The van der Waals surface area contributed by atoms with Gasteiger partial charge in [-0.15, -0.1) is 0 Å². The first-order chi connectivity index (χ1) is 20.7. The van der Waals surface area contributed by atoms with Crippen LogP contribution in [0.3, 0.4) is 0 Å². The number of para-hydroxylation sites is 1. The number of nitro groups is 1. The van der Waals surface area contributed by atoms with Crippen LogP contribution in [0.1, 0.15) is 92.2 Å². The van der Waals surface area contributed by atoms with Gasteiger partial charge in [-0.1, -0.05) is 87.5 Å². The molecule has 13 heteroatoms. The molecule has 0 aliphatic carbocycles. The molecule has 0 radical (unpaired) electrons. The van der Waals surface area contributed by atoms with E-state index in [2.05, 4.69) is 72.7 Å². The van der Waals surface area contributed by atoms with E-state index in [0.717, 1.165) is 0 Å². The summed E-state index contributed by atoms with van der Waals surface area (Å²) in [6.07, 6.45) is -0.688. The summed E-state index contributed by atoms with van der Waals surface area (Å²) in [6.45, 7) is 27.1. The lowest BCUT2D eigenvalue weighted by molar-refractivity contribution is -0.386. The molecule has 0 amide bonds. The molecule has 3 rings (SSSR count). The Labute approximate surface area is 275 Å². The minimum absolute atomic E-state index is 0.0457. The van der Waals surface area contributed by atoms with Crippen LogP contribution < -0.4 is 11.2 Å². The van der Waals surface area contributed by atoms with E-state index in [9.17, 15) is 24.8 Å². The second-order valence-corrected chi connectivity index (χ2v) is 27.3. The zero-order valence-electron chi connectivity index (χ0n) is 29.9. The Bertz CT molecular complexity index is 1530. The Balaban J connectivity index is 2.01.